The van der Waals surface area contributed by atoms with Gasteiger partial charge < -0.3 is 5.11 Å². The van der Waals surface area contributed by atoms with Crippen LogP contribution in [0.4, 0.5) is 0 Å². The van der Waals surface area contributed by atoms with E-state index in [1.54, 1.807) is 18.2 Å². The molecule has 1 N–H and O–H groups in total. The average molecular weight is 248 g/mol. The topological polar surface area (TPSA) is 37.3 Å². The molecule has 0 aliphatic heterocycles. The smallest absolute Gasteiger partial charge is 0.193 e. The maximum Gasteiger partial charge on any atom is 0.193 e. The van der Waals surface area contributed by atoms with Gasteiger partial charge in [-0.2, -0.15) is 0 Å². The van der Waals surface area contributed by atoms with Crippen molar-refractivity contribution in [1.29, 1.82) is 0 Å². The van der Waals surface area contributed by atoms with Crippen LogP contribution in [0.5, 0.6) is 5.75 Å². The van der Waals surface area contributed by atoms with Crippen LogP contribution >= 0.6 is 0 Å². The first-order valence-electron chi connectivity index (χ1n) is 6.07. The Kier molecular flexibility index (Phi) is 2.76. The number of aromatic hydroxyl groups is 1. The third kappa shape index (κ3) is 2.08. The van der Waals surface area contributed by atoms with Gasteiger partial charge in [0, 0.05) is 11.1 Å². The highest BCUT2D eigenvalue weighted by Crippen LogP contribution is 2.22. The van der Waals surface area contributed by atoms with Gasteiger partial charge in [0.1, 0.15) is 5.75 Å². The number of hydrogen-bond acceptors (Lipinski definition) is 2. The third-order valence-electron chi connectivity index (χ3n) is 3.14. The molecule has 3 rings (SSSR count). The second kappa shape index (κ2) is 4.58. The SMILES string of the molecule is O=C(c1cccc(O)c1)c1cccc2ccccc12. The predicted octanol–water partition coefficient (Wildman–Crippen LogP) is 3.78. The number of benzene rings is 3. The second-order valence-electron chi connectivity index (χ2n) is 4.41. The number of phenolic OH excluding ortho intramolecular Hbond substituents is 1. The zero-order valence-electron chi connectivity index (χ0n) is 10.2. The van der Waals surface area contributed by atoms with E-state index >= 15 is 0 Å². The van der Waals surface area contributed by atoms with Gasteiger partial charge in [-0.1, -0.05) is 54.6 Å². The molecule has 0 aliphatic carbocycles. The highest BCUT2D eigenvalue weighted by atomic mass is 16.3. The number of carbonyl (C=O) groups is 1. The van der Waals surface area contributed by atoms with Gasteiger partial charge in [-0.05, 0) is 22.9 Å². The van der Waals surface area contributed by atoms with Gasteiger partial charge in [0.25, 0.3) is 0 Å². The van der Waals surface area contributed by atoms with Crippen molar-refractivity contribution in [2.45, 2.75) is 0 Å². The van der Waals surface area contributed by atoms with Crippen LogP contribution in [0.25, 0.3) is 10.8 Å². The third-order valence-corrected chi connectivity index (χ3v) is 3.14. The minimum absolute atomic E-state index is 0.0762. The Morgan fingerprint density at radius 1 is 0.842 bits per heavy atom. The molecule has 3 aromatic carbocycles. The molecule has 0 atom stereocenters. The lowest BCUT2D eigenvalue weighted by molar-refractivity contribution is 0.104. The van der Waals surface area contributed by atoms with E-state index in [1.807, 2.05) is 42.5 Å². The Bertz CT molecular complexity index is 755. The molecule has 2 nitrogen and oxygen atoms in total. The van der Waals surface area contributed by atoms with E-state index in [-0.39, 0.29) is 11.5 Å². The van der Waals surface area contributed by atoms with Crippen molar-refractivity contribution in [3.05, 3.63) is 77.9 Å². The van der Waals surface area contributed by atoms with Crippen LogP contribution in [-0.2, 0) is 0 Å². The summed E-state index contributed by atoms with van der Waals surface area (Å²) in [5.74, 6) is 0.0267. The van der Waals surface area contributed by atoms with Crippen LogP contribution < -0.4 is 0 Å². The Morgan fingerprint density at radius 3 is 2.42 bits per heavy atom. The van der Waals surface area contributed by atoms with Crippen LogP contribution in [0.15, 0.2) is 66.7 Å². The average Bonchev–Trinajstić information content (AvgIpc) is 2.46. The van der Waals surface area contributed by atoms with Crippen molar-refractivity contribution >= 4 is 16.6 Å². The Morgan fingerprint density at radius 2 is 1.58 bits per heavy atom. The monoisotopic (exact) mass is 248 g/mol. The van der Waals surface area contributed by atoms with Crippen LogP contribution in [0.1, 0.15) is 15.9 Å². The number of ketones is 1. The highest BCUT2D eigenvalue weighted by Gasteiger charge is 2.12. The molecular weight excluding hydrogens is 236 g/mol. The molecule has 0 saturated carbocycles. The lowest BCUT2D eigenvalue weighted by Gasteiger charge is -2.06. The fourth-order valence-corrected chi connectivity index (χ4v) is 2.23. The molecule has 92 valence electrons. The summed E-state index contributed by atoms with van der Waals surface area (Å²) in [5.41, 5.74) is 1.15. The molecule has 0 fully saturated rings. The summed E-state index contributed by atoms with van der Waals surface area (Å²) in [4.78, 5) is 12.5. The van der Waals surface area contributed by atoms with Gasteiger partial charge >= 0.3 is 0 Å². The standard InChI is InChI=1S/C17H12O2/c18-14-8-3-7-13(11-14)17(19)16-10-4-6-12-5-1-2-9-15(12)16/h1-11,18H. The number of phenols is 1. The van der Waals surface area contributed by atoms with Crippen molar-refractivity contribution in [2.24, 2.45) is 0 Å². The molecular formula is C17H12O2. The summed E-state index contributed by atoms with van der Waals surface area (Å²) in [5, 5.41) is 11.4. The normalized spacial score (nSPS) is 10.5. The van der Waals surface area contributed by atoms with Gasteiger partial charge in [-0.15, -0.1) is 0 Å². The van der Waals surface area contributed by atoms with Crippen LogP contribution in [-0.4, -0.2) is 10.9 Å². The molecule has 0 radical (unpaired) electrons. The van der Waals surface area contributed by atoms with Gasteiger partial charge in [-0.25, -0.2) is 0 Å². The summed E-state index contributed by atoms with van der Waals surface area (Å²) >= 11 is 0. The Balaban J connectivity index is 2.17. The van der Waals surface area contributed by atoms with E-state index in [0.29, 0.717) is 11.1 Å². The van der Waals surface area contributed by atoms with E-state index in [0.717, 1.165) is 10.8 Å². The van der Waals surface area contributed by atoms with Crippen LogP contribution in [0.2, 0.25) is 0 Å². The molecule has 0 saturated heterocycles. The van der Waals surface area contributed by atoms with Crippen molar-refractivity contribution in [2.75, 3.05) is 0 Å². The minimum Gasteiger partial charge on any atom is -0.508 e. The van der Waals surface area contributed by atoms with E-state index < -0.39 is 0 Å². The molecule has 2 heteroatoms. The van der Waals surface area contributed by atoms with Gasteiger partial charge in [-0.3, -0.25) is 4.79 Å². The minimum atomic E-state index is -0.0762. The summed E-state index contributed by atoms with van der Waals surface area (Å²) in [6.07, 6.45) is 0. The summed E-state index contributed by atoms with van der Waals surface area (Å²) < 4.78 is 0. The van der Waals surface area contributed by atoms with Gasteiger partial charge in [0.05, 0.1) is 0 Å². The molecule has 0 heterocycles. The zero-order chi connectivity index (χ0) is 13.2. The lowest BCUT2D eigenvalue weighted by atomic mass is 9.97. The molecule has 3 aromatic rings. The number of rotatable bonds is 2. The number of fused-ring (bicyclic) bond motifs is 1. The first-order valence-corrected chi connectivity index (χ1v) is 6.07. The van der Waals surface area contributed by atoms with E-state index in [2.05, 4.69) is 0 Å². The first kappa shape index (κ1) is 11.5. The van der Waals surface area contributed by atoms with E-state index in [1.165, 1.54) is 6.07 Å². The molecule has 19 heavy (non-hydrogen) atoms. The molecule has 0 amide bonds. The van der Waals surface area contributed by atoms with Gasteiger partial charge in [0.15, 0.2) is 5.78 Å². The van der Waals surface area contributed by atoms with Crippen LogP contribution in [0.3, 0.4) is 0 Å². The predicted molar refractivity (Wildman–Crippen MR) is 75.5 cm³/mol. The Labute approximate surface area is 110 Å². The zero-order valence-corrected chi connectivity index (χ0v) is 10.2. The highest BCUT2D eigenvalue weighted by molar-refractivity contribution is 6.16. The summed E-state index contributed by atoms with van der Waals surface area (Å²) in [6.45, 7) is 0. The van der Waals surface area contributed by atoms with Crippen molar-refractivity contribution in [3.63, 3.8) is 0 Å². The van der Waals surface area contributed by atoms with Gasteiger partial charge in [0.2, 0.25) is 0 Å². The molecule has 0 unspecified atom stereocenters. The lowest BCUT2D eigenvalue weighted by Crippen LogP contribution is -2.01. The molecule has 0 aromatic heterocycles. The van der Waals surface area contributed by atoms with Crippen LogP contribution in [0, 0.1) is 0 Å². The van der Waals surface area contributed by atoms with Crippen molar-refractivity contribution in [1.82, 2.24) is 0 Å². The van der Waals surface area contributed by atoms with Crippen molar-refractivity contribution < 1.29 is 9.90 Å². The largest absolute Gasteiger partial charge is 0.508 e. The summed E-state index contributed by atoms with van der Waals surface area (Å²) in [7, 11) is 0. The number of hydrogen-bond donors (Lipinski definition) is 1. The second-order valence-corrected chi connectivity index (χ2v) is 4.41. The maximum absolute atomic E-state index is 12.5. The fourth-order valence-electron chi connectivity index (χ4n) is 2.23. The number of carbonyl (C=O) groups excluding carboxylic acids is 1. The Hall–Kier alpha value is -2.61. The quantitative estimate of drug-likeness (QED) is 0.701. The summed E-state index contributed by atoms with van der Waals surface area (Å²) in [6, 6.07) is 19.9. The van der Waals surface area contributed by atoms with Crippen molar-refractivity contribution in [3.8, 4) is 5.75 Å². The fraction of sp³-hybridized carbons (Fsp3) is 0. The maximum atomic E-state index is 12.5. The van der Waals surface area contributed by atoms with E-state index in [4.69, 9.17) is 0 Å². The molecule has 0 aliphatic rings. The molecule has 0 spiro atoms. The van der Waals surface area contributed by atoms with E-state index in [9.17, 15) is 9.90 Å². The first-order chi connectivity index (χ1) is 9.25. The molecule has 0 bridgehead atoms.